The maximum Gasteiger partial charge on any atom is 0.0637 e. The molecular weight excluding hydrogens is 277 g/mol. The first-order chi connectivity index (χ1) is 9.27. The van der Waals surface area contributed by atoms with Crippen molar-refractivity contribution in [1.82, 2.24) is 5.32 Å². The molecule has 0 unspecified atom stereocenters. The summed E-state index contributed by atoms with van der Waals surface area (Å²) in [6.45, 7) is 1.73. The van der Waals surface area contributed by atoms with Crippen LogP contribution >= 0.6 is 23.2 Å². The second-order valence-electron chi connectivity index (χ2n) is 4.48. The van der Waals surface area contributed by atoms with Gasteiger partial charge in [0.2, 0.25) is 0 Å². The van der Waals surface area contributed by atoms with Crippen molar-refractivity contribution in [3.63, 3.8) is 0 Å². The summed E-state index contributed by atoms with van der Waals surface area (Å²) in [5.74, 6) is 0. The van der Waals surface area contributed by atoms with Gasteiger partial charge in [-0.3, -0.25) is 0 Å². The quantitative estimate of drug-likeness (QED) is 0.760. The molecule has 1 N–H and O–H groups in total. The largest absolute Gasteiger partial charge is 0.313 e. The first-order valence-electron chi connectivity index (χ1n) is 6.45. The molecule has 0 aliphatic rings. The predicted octanol–water partition coefficient (Wildman–Crippen LogP) is 4.72. The van der Waals surface area contributed by atoms with Crippen molar-refractivity contribution in [1.29, 1.82) is 0 Å². The Morgan fingerprint density at radius 1 is 0.895 bits per heavy atom. The van der Waals surface area contributed by atoms with Crippen molar-refractivity contribution in [2.45, 2.75) is 19.4 Å². The average molecular weight is 294 g/mol. The summed E-state index contributed by atoms with van der Waals surface area (Å²) in [5, 5.41) is 4.67. The molecule has 0 saturated carbocycles. The van der Waals surface area contributed by atoms with E-state index in [1.54, 1.807) is 0 Å². The SMILES string of the molecule is Clc1cccc(CNCCCc2ccccc2)c1Cl. The number of rotatable bonds is 6. The lowest BCUT2D eigenvalue weighted by atomic mass is 10.1. The van der Waals surface area contributed by atoms with Gasteiger partial charge < -0.3 is 5.32 Å². The summed E-state index contributed by atoms with van der Waals surface area (Å²) in [4.78, 5) is 0. The number of nitrogens with one attached hydrogen (secondary N) is 1. The Bertz CT molecular complexity index is 511. The fourth-order valence-electron chi connectivity index (χ4n) is 1.97. The van der Waals surface area contributed by atoms with Gasteiger partial charge in [0, 0.05) is 6.54 Å². The van der Waals surface area contributed by atoms with Crippen LogP contribution < -0.4 is 5.32 Å². The van der Waals surface area contributed by atoms with Crippen LogP contribution in [-0.2, 0) is 13.0 Å². The van der Waals surface area contributed by atoms with Gasteiger partial charge in [-0.05, 0) is 36.6 Å². The molecule has 3 heteroatoms. The Labute approximate surface area is 124 Å². The molecule has 0 aromatic heterocycles. The van der Waals surface area contributed by atoms with Crippen molar-refractivity contribution >= 4 is 23.2 Å². The van der Waals surface area contributed by atoms with Crippen molar-refractivity contribution < 1.29 is 0 Å². The van der Waals surface area contributed by atoms with Gasteiger partial charge in [-0.2, -0.15) is 0 Å². The molecule has 0 radical (unpaired) electrons. The number of hydrogen-bond donors (Lipinski definition) is 1. The normalized spacial score (nSPS) is 10.6. The van der Waals surface area contributed by atoms with Gasteiger partial charge in [0.25, 0.3) is 0 Å². The lowest BCUT2D eigenvalue weighted by Gasteiger charge is -2.07. The first kappa shape index (κ1) is 14.4. The molecule has 2 aromatic carbocycles. The van der Waals surface area contributed by atoms with E-state index in [1.165, 1.54) is 5.56 Å². The highest BCUT2D eigenvalue weighted by atomic mass is 35.5. The summed E-state index contributed by atoms with van der Waals surface area (Å²) in [5.41, 5.74) is 2.43. The van der Waals surface area contributed by atoms with E-state index in [9.17, 15) is 0 Å². The zero-order valence-electron chi connectivity index (χ0n) is 10.7. The van der Waals surface area contributed by atoms with Crippen molar-refractivity contribution in [3.05, 3.63) is 69.7 Å². The molecule has 0 aliphatic heterocycles. The summed E-state index contributed by atoms with van der Waals surface area (Å²) in [6, 6.07) is 16.3. The highest BCUT2D eigenvalue weighted by Gasteiger charge is 2.03. The van der Waals surface area contributed by atoms with Gasteiger partial charge in [-0.15, -0.1) is 0 Å². The molecule has 19 heavy (non-hydrogen) atoms. The zero-order valence-corrected chi connectivity index (χ0v) is 12.2. The van der Waals surface area contributed by atoms with Gasteiger partial charge in [0.05, 0.1) is 10.0 Å². The maximum absolute atomic E-state index is 6.13. The monoisotopic (exact) mass is 293 g/mol. The Balaban J connectivity index is 1.71. The van der Waals surface area contributed by atoms with Crippen molar-refractivity contribution in [3.8, 4) is 0 Å². The lowest BCUT2D eigenvalue weighted by molar-refractivity contribution is 0.649. The van der Waals surface area contributed by atoms with Crippen LogP contribution in [0.25, 0.3) is 0 Å². The molecule has 0 spiro atoms. The third-order valence-corrected chi connectivity index (χ3v) is 3.87. The summed E-state index contributed by atoms with van der Waals surface area (Å²) >= 11 is 12.1. The Kier molecular flexibility index (Phi) is 5.71. The van der Waals surface area contributed by atoms with Crippen LogP contribution in [0.3, 0.4) is 0 Å². The van der Waals surface area contributed by atoms with E-state index in [0.717, 1.165) is 31.5 Å². The molecular formula is C16H17Cl2N. The van der Waals surface area contributed by atoms with E-state index in [0.29, 0.717) is 10.0 Å². The van der Waals surface area contributed by atoms with Gasteiger partial charge in [0.15, 0.2) is 0 Å². The van der Waals surface area contributed by atoms with Crippen LogP contribution in [0.2, 0.25) is 10.0 Å². The number of halogens is 2. The van der Waals surface area contributed by atoms with Crippen LogP contribution in [0, 0.1) is 0 Å². The molecule has 0 bridgehead atoms. The molecule has 100 valence electrons. The van der Waals surface area contributed by atoms with Gasteiger partial charge in [0.1, 0.15) is 0 Å². The lowest BCUT2D eigenvalue weighted by Crippen LogP contribution is -2.15. The van der Waals surface area contributed by atoms with Gasteiger partial charge >= 0.3 is 0 Å². The number of hydrogen-bond acceptors (Lipinski definition) is 1. The van der Waals surface area contributed by atoms with Gasteiger partial charge in [-0.1, -0.05) is 65.7 Å². The highest BCUT2D eigenvalue weighted by Crippen LogP contribution is 2.25. The van der Waals surface area contributed by atoms with E-state index in [-0.39, 0.29) is 0 Å². The van der Waals surface area contributed by atoms with E-state index in [1.807, 2.05) is 24.3 Å². The van der Waals surface area contributed by atoms with E-state index >= 15 is 0 Å². The topological polar surface area (TPSA) is 12.0 Å². The van der Waals surface area contributed by atoms with E-state index in [2.05, 4.69) is 29.6 Å². The standard InChI is InChI=1S/C16H17Cl2N/c17-15-10-4-9-14(16(15)18)12-19-11-5-8-13-6-2-1-3-7-13/h1-4,6-7,9-10,19H,5,8,11-12H2. The van der Waals surface area contributed by atoms with Gasteiger partial charge in [-0.25, -0.2) is 0 Å². The van der Waals surface area contributed by atoms with Crippen LogP contribution in [0.15, 0.2) is 48.5 Å². The Morgan fingerprint density at radius 3 is 2.47 bits per heavy atom. The molecule has 0 fully saturated rings. The van der Waals surface area contributed by atoms with E-state index < -0.39 is 0 Å². The zero-order chi connectivity index (χ0) is 13.5. The van der Waals surface area contributed by atoms with Crippen LogP contribution in [-0.4, -0.2) is 6.54 Å². The van der Waals surface area contributed by atoms with Crippen molar-refractivity contribution in [2.24, 2.45) is 0 Å². The fourth-order valence-corrected chi connectivity index (χ4v) is 2.36. The third-order valence-electron chi connectivity index (χ3n) is 3.01. The minimum absolute atomic E-state index is 0.616. The minimum Gasteiger partial charge on any atom is -0.313 e. The summed E-state index contributed by atoms with van der Waals surface area (Å²) in [6.07, 6.45) is 2.21. The second kappa shape index (κ2) is 7.54. The second-order valence-corrected chi connectivity index (χ2v) is 5.26. The Hall–Kier alpha value is -1.02. The maximum atomic E-state index is 6.13. The smallest absolute Gasteiger partial charge is 0.0637 e. The van der Waals surface area contributed by atoms with Crippen LogP contribution in [0.1, 0.15) is 17.5 Å². The first-order valence-corrected chi connectivity index (χ1v) is 7.20. The Morgan fingerprint density at radius 2 is 1.68 bits per heavy atom. The minimum atomic E-state index is 0.616. The molecule has 2 aromatic rings. The molecule has 0 saturated heterocycles. The molecule has 0 atom stereocenters. The molecule has 0 aliphatic carbocycles. The summed E-state index contributed by atoms with van der Waals surface area (Å²) < 4.78 is 0. The van der Waals surface area contributed by atoms with Crippen LogP contribution in [0.5, 0.6) is 0 Å². The predicted molar refractivity (Wildman–Crippen MR) is 82.9 cm³/mol. The fraction of sp³-hybridized carbons (Fsp3) is 0.250. The molecule has 2 rings (SSSR count). The van der Waals surface area contributed by atoms with E-state index in [4.69, 9.17) is 23.2 Å². The van der Waals surface area contributed by atoms with Crippen molar-refractivity contribution in [2.75, 3.05) is 6.54 Å². The summed E-state index contributed by atoms with van der Waals surface area (Å²) in [7, 11) is 0. The molecule has 0 amide bonds. The third kappa shape index (κ3) is 4.54. The number of aryl methyl sites for hydroxylation is 1. The molecule has 1 nitrogen and oxygen atoms in total. The molecule has 0 heterocycles. The highest BCUT2D eigenvalue weighted by molar-refractivity contribution is 6.42. The van der Waals surface area contributed by atoms with Crippen LogP contribution in [0.4, 0.5) is 0 Å². The average Bonchev–Trinajstić information content (AvgIpc) is 2.44. The number of benzene rings is 2.